The van der Waals surface area contributed by atoms with Crippen LogP contribution in [0.1, 0.15) is 21.3 Å². The molecular weight excluding hydrogens is 284 g/mol. The van der Waals surface area contributed by atoms with Crippen molar-refractivity contribution >= 4 is 21.4 Å². The van der Waals surface area contributed by atoms with Crippen molar-refractivity contribution in [1.82, 2.24) is 4.72 Å². The minimum Gasteiger partial charge on any atom is -0.464 e. The van der Waals surface area contributed by atoms with Gasteiger partial charge in [-0.15, -0.1) is 11.3 Å². The third-order valence-corrected chi connectivity index (χ3v) is 5.16. The van der Waals surface area contributed by atoms with E-state index in [9.17, 15) is 8.42 Å². The Kier molecular flexibility index (Phi) is 4.10. The van der Waals surface area contributed by atoms with Crippen molar-refractivity contribution in [3.05, 3.63) is 39.5 Å². The van der Waals surface area contributed by atoms with E-state index in [1.54, 1.807) is 18.3 Å². The first-order chi connectivity index (χ1) is 8.92. The lowest BCUT2D eigenvalue weighted by Crippen LogP contribution is -2.23. The molecule has 0 aliphatic carbocycles. The monoisotopic (exact) mass is 300 g/mol. The third kappa shape index (κ3) is 3.24. The SMILES string of the molecule is Cc1ccc(CNS(=O)(=O)c2cc(CN)oc2C)s1. The molecule has 2 rings (SSSR count). The summed E-state index contributed by atoms with van der Waals surface area (Å²) in [5.74, 6) is 0.820. The van der Waals surface area contributed by atoms with Gasteiger partial charge in [0.05, 0.1) is 6.54 Å². The van der Waals surface area contributed by atoms with E-state index < -0.39 is 10.0 Å². The molecule has 2 heterocycles. The Labute approximate surface area is 116 Å². The second-order valence-corrected chi connectivity index (χ2v) is 7.28. The van der Waals surface area contributed by atoms with Gasteiger partial charge in [0.25, 0.3) is 0 Å². The van der Waals surface area contributed by atoms with Crippen LogP contribution in [0.25, 0.3) is 0 Å². The molecule has 0 bridgehead atoms. The van der Waals surface area contributed by atoms with E-state index in [0.717, 1.165) is 9.75 Å². The van der Waals surface area contributed by atoms with Gasteiger partial charge >= 0.3 is 0 Å². The van der Waals surface area contributed by atoms with Crippen molar-refractivity contribution in [2.45, 2.75) is 31.8 Å². The van der Waals surface area contributed by atoms with Crippen LogP contribution in [-0.4, -0.2) is 8.42 Å². The number of aryl methyl sites for hydroxylation is 2. The lowest BCUT2D eigenvalue weighted by atomic mass is 10.4. The summed E-state index contributed by atoms with van der Waals surface area (Å²) in [6, 6.07) is 5.34. The first kappa shape index (κ1) is 14.3. The topological polar surface area (TPSA) is 85.3 Å². The molecule has 2 aromatic rings. The third-order valence-electron chi connectivity index (χ3n) is 2.65. The van der Waals surface area contributed by atoms with Gasteiger partial charge in [0.15, 0.2) is 0 Å². The number of thiophene rings is 1. The predicted octanol–water partition coefficient (Wildman–Crippen LogP) is 1.90. The number of hydrogen-bond donors (Lipinski definition) is 2. The van der Waals surface area contributed by atoms with Crippen LogP contribution in [0.15, 0.2) is 27.5 Å². The van der Waals surface area contributed by atoms with Gasteiger partial charge in [-0.05, 0) is 26.0 Å². The molecular formula is C12H16N2O3S2. The normalized spacial score (nSPS) is 11.9. The fourth-order valence-electron chi connectivity index (χ4n) is 1.72. The highest BCUT2D eigenvalue weighted by Gasteiger charge is 2.20. The van der Waals surface area contributed by atoms with Crippen LogP contribution in [-0.2, 0) is 23.1 Å². The summed E-state index contributed by atoms with van der Waals surface area (Å²) in [5.41, 5.74) is 5.44. The highest BCUT2D eigenvalue weighted by molar-refractivity contribution is 7.89. The van der Waals surface area contributed by atoms with Gasteiger partial charge in [0.1, 0.15) is 16.4 Å². The van der Waals surface area contributed by atoms with Crippen molar-refractivity contribution in [2.24, 2.45) is 5.73 Å². The molecule has 0 fully saturated rings. The molecule has 2 aromatic heterocycles. The Morgan fingerprint density at radius 2 is 2.11 bits per heavy atom. The largest absolute Gasteiger partial charge is 0.464 e. The first-order valence-corrected chi connectivity index (χ1v) is 8.06. The number of nitrogens with one attached hydrogen (secondary N) is 1. The number of rotatable bonds is 5. The Morgan fingerprint density at radius 1 is 1.37 bits per heavy atom. The van der Waals surface area contributed by atoms with E-state index in [2.05, 4.69) is 4.72 Å². The van der Waals surface area contributed by atoms with Gasteiger partial charge < -0.3 is 10.2 Å². The fourth-order valence-corrected chi connectivity index (χ4v) is 3.84. The number of sulfonamides is 1. The average Bonchev–Trinajstić information content (AvgIpc) is 2.93. The molecule has 0 saturated carbocycles. The molecule has 0 unspecified atom stereocenters. The summed E-state index contributed by atoms with van der Waals surface area (Å²) in [5, 5.41) is 0. The van der Waals surface area contributed by atoms with Crippen molar-refractivity contribution < 1.29 is 12.8 Å². The minimum atomic E-state index is -3.56. The zero-order valence-electron chi connectivity index (χ0n) is 10.8. The molecule has 0 atom stereocenters. The van der Waals surface area contributed by atoms with Gasteiger partial charge in [-0.25, -0.2) is 13.1 Å². The fraction of sp³-hybridized carbons (Fsp3) is 0.333. The van der Waals surface area contributed by atoms with E-state index in [1.165, 1.54) is 6.07 Å². The molecule has 5 nitrogen and oxygen atoms in total. The summed E-state index contributed by atoms with van der Waals surface area (Å²) in [4.78, 5) is 2.28. The van der Waals surface area contributed by atoms with Crippen LogP contribution >= 0.6 is 11.3 Å². The van der Waals surface area contributed by atoms with Crippen LogP contribution in [0.3, 0.4) is 0 Å². The lowest BCUT2D eigenvalue weighted by Gasteiger charge is -2.03. The highest BCUT2D eigenvalue weighted by Crippen LogP contribution is 2.21. The Balaban J connectivity index is 2.15. The van der Waals surface area contributed by atoms with Crippen LogP contribution in [0, 0.1) is 13.8 Å². The summed E-state index contributed by atoms with van der Waals surface area (Å²) in [6.07, 6.45) is 0. The van der Waals surface area contributed by atoms with Gasteiger partial charge in [-0.3, -0.25) is 0 Å². The van der Waals surface area contributed by atoms with E-state index >= 15 is 0 Å². The van der Waals surface area contributed by atoms with Gasteiger partial charge in [0.2, 0.25) is 10.0 Å². The van der Waals surface area contributed by atoms with Crippen molar-refractivity contribution in [3.63, 3.8) is 0 Å². The standard InChI is InChI=1S/C12H16N2O3S2/c1-8-3-4-11(18-8)7-14-19(15,16)12-5-10(6-13)17-9(12)2/h3-5,14H,6-7,13H2,1-2H3. The smallest absolute Gasteiger partial charge is 0.244 e. The molecule has 3 N–H and O–H groups in total. The maximum absolute atomic E-state index is 12.2. The maximum atomic E-state index is 12.2. The van der Waals surface area contributed by atoms with E-state index in [4.69, 9.17) is 10.2 Å². The number of nitrogens with two attached hydrogens (primary N) is 1. The average molecular weight is 300 g/mol. The molecule has 0 aliphatic heterocycles. The van der Waals surface area contributed by atoms with Crippen LogP contribution in [0.5, 0.6) is 0 Å². The van der Waals surface area contributed by atoms with Crippen molar-refractivity contribution in [3.8, 4) is 0 Å². The number of hydrogen-bond acceptors (Lipinski definition) is 5. The zero-order valence-corrected chi connectivity index (χ0v) is 12.4. The van der Waals surface area contributed by atoms with Crippen molar-refractivity contribution in [1.29, 1.82) is 0 Å². The molecule has 0 aromatic carbocycles. The van der Waals surface area contributed by atoms with Gasteiger partial charge in [-0.2, -0.15) is 0 Å². The van der Waals surface area contributed by atoms with Gasteiger partial charge in [-0.1, -0.05) is 0 Å². The molecule has 0 radical (unpaired) electrons. The molecule has 0 amide bonds. The molecule has 7 heteroatoms. The van der Waals surface area contributed by atoms with Crippen LogP contribution in [0.2, 0.25) is 0 Å². The predicted molar refractivity (Wildman–Crippen MR) is 74.4 cm³/mol. The first-order valence-electron chi connectivity index (χ1n) is 5.77. The molecule has 104 valence electrons. The molecule has 0 saturated heterocycles. The van der Waals surface area contributed by atoms with Crippen LogP contribution < -0.4 is 10.5 Å². The van der Waals surface area contributed by atoms with E-state index in [-0.39, 0.29) is 18.0 Å². The molecule has 19 heavy (non-hydrogen) atoms. The summed E-state index contributed by atoms with van der Waals surface area (Å²) >= 11 is 1.57. The minimum absolute atomic E-state index is 0.154. The summed E-state index contributed by atoms with van der Waals surface area (Å²) < 4.78 is 32.1. The van der Waals surface area contributed by atoms with E-state index in [1.807, 2.05) is 19.1 Å². The second kappa shape index (κ2) is 5.46. The maximum Gasteiger partial charge on any atom is 0.244 e. The second-order valence-electron chi connectivity index (χ2n) is 4.17. The zero-order chi connectivity index (χ0) is 14.0. The highest BCUT2D eigenvalue weighted by atomic mass is 32.2. The molecule has 0 aliphatic rings. The molecule has 0 spiro atoms. The van der Waals surface area contributed by atoms with Gasteiger partial charge in [0, 0.05) is 22.4 Å². The Hall–Kier alpha value is -1.15. The summed E-state index contributed by atoms with van der Waals surface area (Å²) in [7, 11) is -3.56. The van der Waals surface area contributed by atoms with Crippen molar-refractivity contribution in [2.75, 3.05) is 0 Å². The Bertz CT molecular complexity index is 671. The van der Waals surface area contributed by atoms with E-state index in [0.29, 0.717) is 11.5 Å². The van der Waals surface area contributed by atoms with Crippen LogP contribution in [0.4, 0.5) is 0 Å². The summed E-state index contributed by atoms with van der Waals surface area (Å²) in [6.45, 7) is 4.06. The lowest BCUT2D eigenvalue weighted by molar-refractivity contribution is 0.478. The Morgan fingerprint density at radius 3 is 2.63 bits per heavy atom. The quantitative estimate of drug-likeness (QED) is 0.883. The number of furan rings is 1.